The highest BCUT2D eigenvalue weighted by Gasteiger charge is 2.41. The molecule has 98 valence electrons. The molecule has 4 heteroatoms. The highest BCUT2D eigenvalue weighted by atomic mass is 16.1. The maximum Gasteiger partial charge on any atom is 0.220 e. The number of nitrogens with zero attached hydrogens (tertiary/aromatic N) is 1. The normalized spacial score (nSPS) is 24.6. The summed E-state index contributed by atoms with van der Waals surface area (Å²) in [5.41, 5.74) is 5.95. The summed E-state index contributed by atoms with van der Waals surface area (Å²) in [6.07, 6.45) is 5.38. The van der Waals surface area contributed by atoms with Gasteiger partial charge in [0.2, 0.25) is 5.91 Å². The monoisotopic (exact) mass is 239 g/mol. The van der Waals surface area contributed by atoms with Gasteiger partial charge in [-0.25, -0.2) is 0 Å². The molecule has 1 amide bonds. The van der Waals surface area contributed by atoms with Crippen molar-refractivity contribution in [3.8, 4) is 0 Å². The molecule has 17 heavy (non-hydrogen) atoms. The lowest BCUT2D eigenvalue weighted by Crippen LogP contribution is -2.37. The number of likely N-dealkylation sites (tertiary alicyclic amines) is 1. The van der Waals surface area contributed by atoms with Gasteiger partial charge in [-0.1, -0.05) is 0 Å². The first-order chi connectivity index (χ1) is 8.13. The molecule has 3 N–H and O–H groups in total. The summed E-state index contributed by atoms with van der Waals surface area (Å²) in [6, 6.07) is 0. The van der Waals surface area contributed by atoms with E-state index < -0.39 is 0 Å². The zero-order chi connectivity index (χ0) is 12.3. The van der Waals surface area contributed by atoms with Gasteiger partial charge in [-0.15, -0.1) is 0 Å². The van der Waals surface area contributed by atoms with E-state index in [0.717, 1.165) is 32.5 Å². The van der Waals surface area contributed by atoms with Crippen molar-refractivity contribution in [3.05, 3.63) is 0 Å². The SMILES string of the molecule is CN1CCC(CC(=O)NCC2(CN)CC2)CC1. The number of hydrogen-bond donors (Lipinski definition) is 2. The predicted molar refractivity (Wildman–Crippen MR) is 68.6 cm³/mol. The van der Waals surface area contributed by atoms with Gasteiger partial charge in [-0.2, -0.15) is 0 Å². The van der Waals surface area contributed by atoms with E-state index in [9.17, 15) is 4.79 Å². The fourth-order valence-electron chi connectivity index (χ4n) is 2.52. The van der Waals surface area contributed by atoms with Gasteiger partial charge < -0.3 is 16.0 Å². The summed E-state index contributed by atoms with van der Waals surface area (Å²) in [5, 5.41) is 3.06. The first-order valence-electron chi connectivity index (χ1n) is 6.79. The number of carbonyl (C=O) groups is 1. The van der Waals surface area contributed by atoms with Crippen LogP contribution in [-0.2, 0) is 4.79 Å². The third-order valence-corrected chi connectivity index (χ3v) is 4.36. The molecular formula is C13H25N3O. The van der Waals surface area contributed by atoms with E-state index >= 15 is 0 Å². The molecule has 0 radical (unpaired) electrons. The van der Waals surface area contributed by atoms with E-state index in [1.807, 2.05) is 0 Å². The van der Waals surface area contributed by atoms with Gasteiger partial charge in [-0.3, -0.25) is 4.79 Å². The Morgan fingerprint density at radius 1 is 1.41 bits per heavy atom. The molecule has 2 rings (SSSR count). The Morgan fingerprint density at radius 3 is 2.59 bits per heavy atom. The average molecular weight is 239 g/mol. The molecule has 2 aliphatic rings. The fourth-order valence-corrected chi connectivity index (χ4v) is 2.52. The summed E-state index contributed by atoms with van der Waals surface area (Å²) >= 11 is 0. The van der Waals surface area contributed by atoms with E-state index in [4.69, 9.17) is 5.73 Å². The van der Waals surface area contributed by atoms with Crippen molar-refractivity contribution in [2.45, 2.75) is 32.1 Å². The van der Waals surface area contributed by atoms with Crippen LogP contribution >= 0.6 is 0 Å². The predicted octanol–water partition coefficient (Wildman–Crippen LogP) is 0.573. The maximum atomic E-state index is 11.8. The molecule has 0 bridgehead atoms. The summed E-state index contributed by atoms with van der Waals surface area (Å²) in [7, 11) is 2.15. The minimum atomic E-state index is 0.222. The van der Waals surface area contributed by atoms with Crippen LogP contribution < -0.4 is 11.1 Å². The second-order valence-electron chi connectivity index (χ2n) is 5.93. The Balaban J connectivity index is 1.64. The van der Waals surface area contributed by atoms with Crippen LogP contribution in [0, 0.1) is 11.3 Å². The van der Waals surface area contributed by atoms with E-state index in [-0.39, 0.29) is 11.3 Å². The third-order valence-electron chi connectivity index (χ3n) is 4.36. The average Bonchev–Trinajstić information content (AvgIpc) is 3.10. The number of carbonyl (C=O) groups excluding carboxylic acids is 1. The van der Waals surface area contributed by atoms with Crippen molar-refractivity contribution >= 4 is 5.91 Å². The van der Waals surface area contributed by atoms with E-state index in [1.54, 1.807) is 0 Å². The van der Waals surface area contributed by atoms with Crippen LogP contribution in [0.2, 0.25) is 0 Å². The molecule has 0 atom stereocenters. The van der Waals surface area contributed by atoms with Crippen LogP contribution in [0.3, 0.4) is 0 Å². The molecule has 2 fully saturated rings. The summed E-state index contributed by atoms with van der Waals surface area (Å²) in [4.78, 5) is 14.2. The number of amides is 1. The lowest BCUT2D eigenvalue weighted by Gasteiger charge is -2.28. The number of rotatable bonds is 5. The Morgan fingerprint density at radius 2 is 2.06 bits per heavy atom. The number of piperidine rings is 1. The molecule has 1 aliphatic carbocycles. The van der Waals surface area contributed by atoms with Crippen molar-refractivity contribution in [2.24, 2.45) is 17.1 Å². The number of nitrogens with two attached hydrogens (primary N) is 1. The highest BCUT2D eigenvalue weighted by molar-refractivity contribution is 5.76. The molecule has 1 saturated carbocycles. The number of hydrogen-bond acceptors (Lipinski definition) is 3. The molecular weight excluding hydrogens is 214 g/mol. The van der Waals surface area contributed by atoms with Gasteiger partial charge >= 0.3 is 0 Å². The van der Waals surface area contributed by atoms with Gasteiger partial charge in [-0.05, 0) is 63.7 Å². The Hall–Kier alpha value is -0.610. The van der Waals surface area contributed by atoms with Crippen LogP contribution in [0.25, 0.3) is 0 Å². The van der Waals surface area contributed by atoms with Crippen LogP contribution in [0.5, 0.6) is 0 Å². The van der Waals surface area contributed by atoms with Crippen molar-refractivity contribution < 1.29 is 4.79 Å². The van der Waals surface area contributed by atoms with E-state index in [1.165, 1.54) is 12.8 Å². The quantitative estimate of drug-likeness (QED) is 0.737. The van der Waals surface area contributed by atoms with Crippen LogP contribution in [0.4, 0.5) is 0 Å². The molecule has 1 heterocycles. The highest BCUT2D eigenvalue weighted by Crippen LogP contribution is 2.43. The molecule has 0 aromatic rings. The number of nitrogens with one attached hydrogen (secondary N) is 1. The fraction of sp³-hybridized carbons (Fsp3) is 0.923. The first-order valence-corrected chi connectivity index (χ1v) is 6.79. The zero-order valence-corrected chi connectivity index (χ0v) is 10.9. The minimum absolute atomic E-state index is 0.222. The standard InChI is InChI=1S/C13H25N3O/c1-16-6-2-11(3-7-16)8-12(17)15-10-13(9-14)4-5-13/h11H,2-10,14H2,1H3,(H,15,17). The molecule has 0 aromatic heterocycles. The van der Waals surface area contributed by atoms with E-state index in [0.29, 0.717) is 18.9 Å². The van der Waals surface area contributed by atoms with Gasteiger partial charge in [0, 0.05) is 13.0 Å². The second-order valence-corrected chi connectivity index (χ2v) is 5.93. The summed E-state index contributed by atoms with van der Waals surface area (Å²) in [5.74, 6) is 0.804. The lowest BCUT2D eigenvalue weighted by molar-refractivity contribution is -0.122. The lowest BCUT2D eigenvalue weighted by atomic mass is 9.93. The van der Waals surface area contributed by atoms with Crippen LogP contribution in [0.15, 0.2) is 0 Å². The largest absolute Gasteiger partial charge is 0.355 e. The van der Waals surface area contributed by atoms with Gasteiger partial charge in [0.15, 0.2) is 0 Å². The van der Waals surface area contributed by atoms with Crippen LogP contribution in [0.1, 0.15) is 32.1 Å². The van der Waals surface area contributed by atoms with Crippen LogP contribution in [-0.4, -0.2) is 44.0 Å². The van der Waals surface area contributed by atoms with Crippen molar-refractivity contribution in [2.75, 3.05) is 33.2 Å². The molecule has 1 aliphatic heterocycles. The zero-order valence-electron chi connectivity index (χ0n) is 10.9. The molecule has 0 aromatic carbocycles. The molecule has 0 spiro atoms. The van der Waals surface area contributed by atoms with Gasteiger partial charge in [0.05, 0.1) is 0 Å². The maximum absolute atomic E-state index is 11.8. The van der Waals surface area contributed by atoms with Gasteiger partial charge in [0.25, 0.3) is 0 Å². The Bertz CT molecular complexity index is 268. The Labute approximate surface area is 104 Å². The van der Waals surface area contributed by atoms with Crippen molar-refractivity contribution in [3.63, 3.8) is 0 Å². The minimum Gasteiger partial charge on any atom is -0.355 e. The topological polar surface area (TPSA) is 58.4 Å². The Kier molecular flexibility index (Phi) is 4.05. The van der Waals surface area contributed by atoms with Crippen molar-refractivity contribution in [1.29, 1.82) is 0 Å². The molecule has 4 nitrogen and oxygen atoms in total. The summed E-state index contributed by atoms with van der Waals surface area (Å²) in [6.45, 7) is 3.76. The first kappa shape index (κ1) is 12.8. The van der Waals surface area contributed by atoms with E-state index in [2.05, 4.69) is 17.3 Å². The van der Waals surface area contributed by atoms with Crippen molar-refractivity contribution in [1.82, 2.24) is 10.2 Å². The third kappa shape index (κ3) is 3.68. The molecule has 1 saturated heterocycles. The smallest absolute Gasteiger partial charge is 0.220 e. The molecule has 0 unspecified atom stereocenters. The van der Waals surface area contributed by atoms with Gasteiger partial charge in [0.1, 0.15) is 0 Å². The second kappa shape index (κ2) is 5.36. The summed E-state index contributed by atoms with van der Waals surface area (Å²) < 4.78 is 0.